The highest BCUT2D eigenvalue weighted by atomic mass is 32.1. The lowest BCUT2D eigenvalue weighted by Gasteiger charge is -2.29. The SMILES string of the molecule is CC1CCC(C(O)c2csc(C(C)(C)C)n2)CC1. The second kappa shape index (κ2) is 5.30. The smallest absolute Gasteiger partial charge is 0.0996 e. The van der Waals surface area contributed by atoms with Crippen molar-refractivity contribution in [3.63, 3.8) is 0 Å². The standard InChI is InChI=1S/C15H25NOS/c1-10-5-7-11(8-6-10)13(17)12-9-18-14(16-12)15(2,3)4/h9-11,13,17H,5-8H2,1-4H3. The van der Waals surface area contributed by atoms with Gasteiger partial charge < -0.3 is 5.11 Å². The maximum Gasteiger partial charge on any atom is 0.0996 e. The summed E-state index contributed by atoms with van der Waals surface area (Å²) in [4.78, 5) is 4.64. The van der Waals surface area contributed by atoms with Crippen LogP contribution in [0.4, 0.5) is 0 Å². The first-order chi connectivity index (χ1) is 8.38. The fourth-order valence-electron chi connectivity index (χ4n) is 2.61. The van der Waals surface area contributed by atoms with Crippen LogP contribution >= 0.6 is 11.3 Å². The fraction of sp³-hybridized carbons (Fsp3) is 0.800. The molecular formula is C15H25NOS. The summed E-state index contributed by atoms with van der Waals surface area (Å²) in [7, 11) is 0. The molecule has 0 amide bonds. The molecule has 0 radical (unpaired) electrons. The molecule has 0 saturated heterocycles. The van der Waals surface area contributed by atoms with Gasteiger partial charge in [0, 0.05) is 10.8 Å². The van der Waals surface area contributed by atoms with Crippen LogP contribution in [-0.4, -0.2) is 10.1 Å². The molecule has 1 aliphatic carbocycles. The van der Waals surface area contributed by atoms with Gasteiger partial charge in [0.05, 0.1) is 16.8 Å². The van der Waals surface area contributed by atoms with Gasteiger partial charge >= 0.3 is 0 Å². The van der Waals surface area contributed by atoms with E-state index < -0.39 is 0 Å². The lowest BCUT2D eigenvalue weighted by molar-refractivity contribution is 0.0724. The molecule has 0 aromatic carbocycles. The molecule has 2 rings (SSSR count). The zero-order valence-corrected chi connectivity index (χ0v) is 12.8. The van der Waals surface area contributed by atoms with Crippen LogP contribution < -0.4 is 0 Å². The summed E-state index contributed by atoms with van der Waals surface area (Å²) in [6.45, 7) is 8.82. The fourth-order valence-corrected chi connectivity index (χ4v) is 3.55. The van der Waals surface area contributed by atoms with Crippen molar-refractivity contribution in [2.24, 2.45) is 11.8 Å². The largest absolute Gasteiger partial charge is 0.386 e. The first-order valence-corrected chi connectivity index (χ1v) is 7.90. The van der Waals surface area contributed by atoms with Crippen molar-refractivity contribution >= 4 is 11.3 Å². The third kappa shape index (κ3) is 3.12. The lowest BCUT2D eigenvalue weighted by Crippen LogP contribution is -2.20. The molecule has 1 unspecified atom stereocenters. The molecule has 1 fully saturated rings. The number of aromatic nitrogens is 1. The zero-order chi connectivity index (χ0) is 13.3. The summed E-state index contributed by atoms with van der Waals surface area (Å²) in [6.07, 6.45) is 4.43. The Labute approximate surface area is 114 Å². The number of thiazole rings is 1. The van der Waals surface area contributed by atoms with Gasteiger partial charge in [0.15, 0.2) is 0 Å². The molecule has 0 spiro atoms. The summed E-state index contributed by atoms with van der Waals surface area (Å²) in [5.41, 5.74) is 0.980. The van der Waals surface area contributed by atoms with E-state index in [2.05, 4.69) is 32.7 Å². The first kappa shape index (κ1) is 14.0. The molecule has 1 heterocycles. The highest BCUT2D eigenvalue weighted by Gasteiger charge is 2.28. The molecule has 1 aromatic heterocycles. The van der Waals surface area contributed by atoms with E-state index >= 15 is 0 Å². The molecule has 1 saturated carbocycles. The normalized spacial score (nSPS) is 27.2. The first-order valence-electron chi connectivity index (χ1n) is 7.02. The molecule has 2 nitrogen and oxygen atoms in total. The Bertz CT molecular complexity index is 385. The predicted octanol–water partition coefficient (Wildman–Crippen LogP) is 4.30. The molecule has 0 bridgehead atoms. The Hall–Kier alpha value is -0.410. The number of nitrogens with zero attached hydrogens (tertiary/aromatic N) is 1. The second-order valence-electron chi connectivity index (χ2n) is 6.79. The van der Waals surface area contributed by atoms with Crippen LogP contribution in [0.15, 0.2) is 5.38 Å². The van der Waals surface area contributed by atoms with Crippen molar-refractivity contribution in [3.05, 3.63) is 16.1 Å². The predicted molar refractivity (Wildman–Crippen MR) is 76.9 cm³/mol. The topological polar surface area (TPSA) is 33.1 Å². The molecule has 18 heavy (non-hydrogen) atoms. The minimum absolute atomic E-state index is 0.0870. The van der Waals surface area contributed by atoms with Crippen molar-refractivity contribution in [2.75, 3.05) is 0 Å². The molecule has 3 heteroatoms. The van der Waals surface area contributed by atoms with Crippen LogP contribution in [0.5, 0.6) is 0 Å². The average molecular weight is 267 g/mol. The average Bonchev–Trinajstić information content (AvgIpc) is 2.78. The summed E-state index contributed by atoms with van der Waals surface area (Å²) in [5.74, 6) is 1.24. The summed E-state index contributed by atoms with van der Waals surface area (Å²) >= 11 is 1.68. The third-order valence-corrected chi connectivity index (χ3v) is 5.26. The summed E-state index contributed by atoms with van der Waals surface area (Å²) < 4.78 is 0. The van der Waals surface area contributed by atoms with E-state index in [4.69, 9.17) is 0 Å². The van der Waals surface area contributed by atoms with Gasteiger partial charge in [-0.2, -0.15) is 0 Å². The molecule has 1 aromatic rings. The van der Waals surface area contributed by atoms with Crippen LogP contribution in [0, 0.1) is 11.8 Å². The Morgan fingerprint density at radius 3 is 2.39 bits per heavy atom. The number of aliphatic hydroxyl groups excluding tert-OH is 1. The highest BCUT2D eigenvalue weighted by molar-refractivity contribution is 7.09. The zero-order valence-electron chi connectivity index (χ0n) is 11.9. The van der Waals surface area contributed by atoms with Gasteiger partial charge in [-0.25, -0.2) is 4.98 Å². The Morgan fingerprint density at radius 2 is 1.89 bits per heavy atom. The van der Waals surface area contributed by atoms with Gasteiger partial charge in [-0.1, -0.05) is 40.5 Å². The van der Waals surface area contributed by atoms with Crippen molar-refractivity contribution < 1.29 is 5.11 Å². The molecule has 1 aliphatic rings. The van der Waals surface area contributed by atoms with E-state index in [1.807, 2.05) is 5.38 Å². The van der Waals surface area contributed by atoms with Crippen molar-refractivity contribution in [1.82, 2.24) is 4.98 Å². The highest BCUT2D eigenvalue weighted by Crippen LogP contribution is 2.37. The van der Waals surface area contributed by atoms with Crippen LogP contribution in [0.2, 0.25) is 0 Å². The van der Waals surface area contributed by atoms with E-state index in [1.54, 1.807) is 11.3 Å². The van der Waals surface area contributed by atoms with Gasteiger partial charge in [0.1, 0.15) is 0 Å². The second-order valence-corrected chi connectivity index (χ2v) is 7.65. The maximum atomic E-state index is 10.5. The van der Waals surface area contributed by atoms with E-state index in [0.29, 0.717) is 5.92 Å². The molecule has 1 atom stereocenters. The van der Waals surface area contributed by atoms with Crippen LogP contribution in [0.1, 0.15) is 70.2 Å². The number of hydrogen-bond donors (Lipinski definition) is 1. The summed E-state index contributed by atoms with van der Waals surface area (Å²) in [5, 5.41) is 13.6. The van der Waals surface area contributed by atoms with E-state index in [0.717, 1.165) is 29.5 Å². The van der Waals surface area contributed by atoms with Crippen molar-refractivity contribution in [1.29, 1.82) is 0 Å². The van der Waals surface area contributed by atoms with Gasteiger partial charge in [0.2, 0.25) is 0 Å². The lowest BCUT2D eigenvalue weighted by atomic mass is 9.79. The molecule has 102 valence electrons. The van der Waals surface area contributed by atoms with Gasteiger partial charge in [-0.15, -0.1) is 11.3 Å². The quantitative estimate of drug-likeness (QED) is 0.866. The summed E-state index contributed by atoms with van der Waals surface area (Å²) in [6, 6.07) is 0. The molecule has 1 N–H and O–H groups in total. The number of aliphatic hydroxyl groups is 1. The van der Waals surface area contributed by atoms with E-state index in [9.17, 15) is 5.11 Å². The van der Waals surface area contributed by atoms with Gasteiger partial charge in [-0.3, -0.25) is 0 Å². The Balaban J connectivity index is 2.05. The van der Waals surface area contributed by atoms with E-state index in [1.165, 1.54) is 12.8 Å². The Kier molecular flexibility index (Phi) is 4.12. The minimum Gasteiger partial charge on any atom is -0.386 e. The van der Waals surface area contributed by atoms with Gasteiger partial charge in [0.25, 0.3) is 0 Å². The van der Waals surface area contributed by atoms with E-state index in [-0.39, 0.29) is 11.5 Å². The monoisotopic (exact) mass is 267 g/mol. The number of rotatable bonds is 2. The van der Waals surface area contributed by atoms with Gasteiger partial charge in [-0.05, 0) is 24.7 Å². The third-order valence-electron chi connectivity index (χ3n) is 3.97. The van der Waals surface area contributed by atoms with Crippen LogP contribution in [0.25, 0.3) is 0 Å². The van der Waals surface area contributed by atoms with Crippen LogP contribution in [-0.2, 0) is 5.41 Å². The van der Waals surface area contributed by atoms with Crippen molar-refractivity contribution in [3.8, 4) is 0 Å². The maximum absolute atomic E-state index is 10.5. The van der Waals surface area contributed by atoms with Crippen LogP contribution in [0.3, 0.4) is 0 Å². The van der Waals surface area contributed by atoms with Crippen molar-refractivity contribution in [2.45, 2.75) is 64.9 Å². The Morgan fingerprint density at radius 1 is 1.28 bits per heavy atom. The minimum atomic E-state index is -0.357. The number of hydrogen-bond acceptors (Lipinski definition) is 3. The molecular weight excluding hydrogens is 242 g/mol. The molecule has 0 aliphatic heterocycles.